The third-order valence-electron chi connectivity index (χ3n) is 3.50. The van der Waals surface area contributed by atoms with Gasteiger partial charge in [-0.15, -0.1) is 0 Å². The molecule has 0 radical (unpaired) electrons. The van der Waals surface area contributed by atoms with E-state index in [0.29, 0.717) is 13.1 Å². The second kappa shape index (κ2) is 10.0. The van der Waals surface area contributed by atoms with E-state index in [4.69, 9.17) is 0 Å². The molecule has 0 saturated heterocycles. The van der Waals surface area contributed by atoms with E-state index in [0.717, 1.165) is 12.8 Å². The van der Waals surface area contributed by atoms with Gasteiger partial charge in [-0.2, -0.15) is 0 Å². The molecule has 0 atom stereocenters. The van der Waals surface area contributed by atoms with Gasteiger partial charge in [0.2, 0.25) is 11.8 Å². The minimum absolute atomic E-state index is 0.260. The number of hydrogen-bond acceptors (Lipinski definition) is 2. The van der Waals surface area contributed by atoms with Gasteiger partial charge in [0.15, 0.2) is 0 Å². The van der Waals surface area contributed by atoms with E-state index in [1.807, 2.05) is 60.7 Å². The Bertz CT molecular complexity index is 607. The number of carbonyl (C=O) groups excluding carboxylic acids is 2. The Morgan fingerprint density at radius 1 is 0.667 bits per heavy atom. The fourth-order valence-corrected chi connectivity index (χ4v) is 2.22. The first kappa shape index (κ1) is 17.5. The third kappa shape index (κ3) is 6.92. The molecular weight excluding hydrogens is 300 g/mol. The Balaban J connectivity index is 1.61. The molecule has 0 aliphatic rings. The second-order valence-corrected chi connectivity index (χ2v) is 5.39. The fraction of sp³-hybridized carbons (Fsp3) is 0.200. The van der Waals surface area contributed by atoms with Crippen molar-refractivity contribution in [2.24, 2.45) is 0 Å². The number of rotatable bonds is 8. The van der Waals surface area contributed by atoms with Crippen LogP contribution < -0.4 is 10.6 Å². The fourth-order valence-electron chi connectivity index (χ4n) is 2.22. The van der Waals surface area contributed by atoms with Crippen LogP contribution in [0.4, 0.5) is 0 Å². The molecule has 0 fully saturated rings. The lowest BCUT2D eigenvalue weighted by atomic mass is 10.1. The molecular formula is C20H22N2O2. The standard InChI is InChI=1S/C20H22N2O2/c23-19(21-15-13-17-7-3-1-4-8-17)11-12-20(24)22-16-14-18-9-5-2-6-10-18/h1-12H,13-16H2,(H,21,23)(H,22,24)/b12-11+. The van der Waals surface area contributed by atoms with Crippen molar-refractivity contribution in [3.63, 3.8) is 0 Å². The average molecular weight is 322 g/mol. The lowest BCUT2D eigenvalue weighted by Gasteiger charge is -2.03. The van der Waals surface area contributed by atoms with Crippen molar-refractivity contribution in [2.75, 3.05) is 13.1 Å². The van der Waals surface area contributed by atoms with Crippen LogP contribution in [0.5, 0.6) is 0 Å². The van der Waals surface area contributed by atoms with Crippen LogP contribution in [0.1, 0.15) is 11.1 Å². The molecule has 0 unspecified atom stereocenters. The van der Waals surface area contributed by atoms with E-state index in [9.17, 15) is 9.59 Å². The first-order valence-electron chi connectivity index (χ1n) is 8.05. The van der Waals surface area contributed by atoms with Crippen molar-refractivity contribution in [3.8, 4) is 0 Å². The minimum Gasteiger partial charge on any atom is -0.352 e. The van der Waals surface area contributed by atoms with Gasteiger partial charge in [0, 0.05) is 25.2 Å². The Hall–Kier alpha value is -2.88. The minimum atomic E-state index is -0.260. The highest BCUT2D eigenvalue weighted by Crippen LogP contribution is 1.99. The van der Waals surface area contributed by atoms with Crippen molar-refractivity contribution in [3.05, 3.63) is 83.9 Å². The van der Waals surface area contributed by atoms with Crippen molar-refractivity contribution < 1.29 is 9.59 Å². The summed E-state index contributed by atoms with van der Waals surface area (Å²) >= 11 is 0. The van der Waals surface area contributed by atoms with E-state index in [2.05, 4.69) is 10.6 Å². The topological polar surface area (TPSA) is 58.2 Å². The molecule has 0 bridgehead atoms. The molecule has 4 nitrogen and oxygen atoms in total. The predicted molar refractivity (Wildman–Crippen MR) is 95.5 cm³/mol. The van der Waals surface area contributed by atoms with Gasteiger partial charge in [-0.25, -0.2) is 0 Å². The number of amides is 2. The summed E-state index contributed by atoms with van der Waals surface area (Å²) in [6.07, 6.45) is 4.07. The van der Waals surface area contributed by atoms with Gasteiger partial charge in [-0.3, -0.25) is 9.59 Å². The molecule has 0 saturated carbocycles. The number of carbonyl (C=O) groups is 2. The van der Waals surface area contributed by atoms with Gasteiger partial charge in [0.05, 0.1) is 0 Å². The molecule has 4 heteroatoms. The maximum Gasteiger partial charge on any atom is 0.244 e. The normalized spacial score (nSPS) is 10.5. The van der Waals surface area contributed by atoms with Gasteiger partial charge >= 0.3 is 0 Å². The number of benzene rings is 2. The summed E-state index contributed by atoms with van der Waals surface area (Å²) in [4.78, 5) is 23.3. The zero-order chi connectivity index (χ0) is 17.0. The molecule has 2 amide bonds. The summed E-state index contributed by atoms with van der Waals surface area (Å²) in [6.45, 7) is 1.09. The largest absolute Gasteiger partial charge is 0.352 e. The Morgan fingerprint density at radius 3 is 1.42 bits per heavy atom. The van der Waals surface area contributed by atoms with Crippen molar-refractivity contribution in [1.29, 1.82) is 0 Å². The molecule has 24 heavy (non-hydrogen) atoms. The van der Waals surface area contributed by atoms with Crippen LogP contribution in [0.2, 0.25) is 0 Å². The zero-order valence-corrected chi connectivity index (χ0v) is 13.6. The van der Waals surface area contributed by atoms with Gasteiger partial charge < -0.3 is 10.6 Å². The molecule has 0 aliphatic heterocycles. The lowest BCUT2D eigenvalue weighted by Crippen LogP contribution is -2.26. The number of hydrogen-bond donors (Lipinski definition) is 2. The summed E-state index contributed by atoms with van der Waals surface area (Å²) in [5, 5.41) is 5.53. The lowest BCUT2D eigenvalue weighted by molar-refractivity contribution is -0.118. The predicted octanol–water partition coefficient (Wildman–Crippen LogP) is 2.26. The number of nitrogens with one attached hydrogen (secondary N) is 2. The van der Waals surface area contributed by atoms with E-state index < -0.39 is 0 Å². The molecule has 2 N–H and O–H groups in total. The molecule has 0 spiro atoms. The van der Waals surface area contributed by atoms with Crippen LogP contribution in [0, 0.1) is 0 Å². The molecule has 0 aliphatic carbocycles. The van der Waals surface area contributed by atoms with Crippen molar-refractivity contribution in [1.82, 2.24) is 10.6 Å². The van der Waals surface area contributed by atoms with Gasteiger partial charge in [0.1, 0.15) is 0 Å². The van der Waals surface area contributed by atoms with Gasteiger partial charge in [-0.05, 0) is 24.0 Å². The summed E-state index contributed by atoms with van der Waals surface area (Å²) < 4.78 is 0. The Labute approximate surface area is 142 Å². The van der Waals surface area contributed by atoms with E-state index in [1.165, 1.54) is 23.3 Å². The van der Waals surface area contributed by atoms with Crippen LogP contribution in [0.3, 0.4) is 0 Å². The molecule has 2 aromatic carbocycles. The van der Waals surface area contributed by atoms with Crippen molar-refractivity contribution in [2.45, 2.75) is 12.8 Å². The summed E-state index contributed by atoms with van der Waals surface area (Å²) in [7, 11) is 0. The smallest absolute Gasteiger partial charge is 0.244 e. The molecule has 0 aromatic heterocycles. The summed E-state index contributed by atoms with van der Waals surface area (Å²) in [6, 6.07) is 19.9. The molecule has 2 aromatic rings. The van der Waals surface area contributed by atoms with Gasteiger partial charge in [-0.1, -0.05) is 60.7 Å². The van der Waals surface area contributed by atoms with Crippen LogP contribution in [-0.2, 0) is 22.4 Å². The van der Waals surface area contributed by atoms with E-state index in [1.54, 1.807) is 0 Å². The maximum atomic E-state index is 11.7. The molecule has 2 rings (SSSR count). The highest BCUT2D eigenvalue weighted by molar-refractivity contribution is 5.96. The second-order valence-electron chi connectivity index (χ2n) is 5.39. The quantitative estimate of drug-likeness (QED) is 0.733. The maximum absolute atomic E-state index is 11.7. The average Bonchev–Trinajstić information content (AvgIpc) is 2.62. The van der Waals surface area contributed by atoms with Crippen molar-refractivity contribution >= 4 is 11.8 Å². The Morgan fingerprint density at radius 2 is 1.04 bits per heavy atom. The molecule has 124 valence electrons. The first-order valence-corrected chi connectivity index (χ1v) is 8.05. The van der Waals surface area contributed by atoms with Gasteiger partial charge in [0.25, 0.3) is 0 Å². The third-order valence-corrected chi connectivity index (χ3v) is 3.50. The van der Waals surface area contributed by atoms with E-state index >= 15 is 0 Å². The summed E-state index contributed by atoms with van der Waals surface area (Å²) in [5.41, 5.74) is 2.33. The molecule has 0 heterocycles. The SMILES string of the molecule is O=C(/C=C/C(=O)NCCc1ccccc1)NCCc1ccccc1. The zero-order valence-electron chi connectivity index (χ0n) is 13.6. The first-order chi connectivity index (χ1) is 11.7. The van der Waals surface area contributed by atoms with E-state index in [-0.39, 0.29) is 11.8 Å². The van der Waals surface area contributed by atoms with Crippen LogP contribution in [-0.4, -0.2) is 24.9 Å². The highest BCUT2D eigenvalue weighted by Gasteiger charge is 1.99. The monoisotopic (exact) mass is 322 g/mol. The van der Waals surface area contributed by atoms with Crippen LogP contribution in [0.25, 0.3) is 0 Å². The summed E-state index contributed by atoms with van der Waals surface area (Å²) in [5.74, 6) is -0.520. The van der Waals surface area contributed by atoms with Crippen LogP contribution >= 0.6 is 0 Å². The van der Waals surface area contributed by atoms with Crippen LogP contribution in [0.15, 0.2) is 72.8 Å². The Kier molecular flexibility index (Phi) is 7.28. The highest BCUT2D eigenvalue weighted by atomic mass is 16.2.